The van der Waals surface area contributed by atoms with Crippen molar-refractivity contribution >= 4 is 15.9 Å². The van der Waals surface area contributed by atoms with Crippen LogP contribution in [-0.2, 0) is 21.2 Å². The molecule has 0 aromatic heterocycles. The minimum absolute atomic E-state index is 0.0770. The predicted octanol–water partition coefficient (Wildman–Crippen LogP) is 2.90. The molecule has 1 atom stereocenters. The highest BCUT2D eigenvalue weighted by atomic mass is 32.2. The van der Waals surface area contributed by atoms with Gasteiger partial charge in [-0.2, -0.15) is 4.31 Å². The molecule has 2 rings (SSSR count). The van der Waals surface area contributed by atoms with Crippen LogP contribution in [0.15, 0.2) is 54.6 Å². The van der Waals surface area contributed by atoms with E-state index in [1.54, 1.807) is 12.1 Å². The minimum Gasteiger partial charge on any atom is -0.356 e. The zero-order chi connectivity index (χ0) is 19.9. The molecule has 0 aliphatic heterocycles. The van der Waals surface area contributed by atoms with Gasteiger partial charge in [-0.1, -0.05) is 42.5 Å². The fourth-order valence-corrected chi connectivity index (χ4v) is 3.96. The molecule has 1 amide bonds. The lowest BCUT2D eigenvalue weighted by Crippen LogP contribution is -2.36. The second-order valence-electron chi connectivity index (χ2n) is 6.44. The molecule has 1 N–H and O–H groups in total. The number of carbonyl (C=O) groups is 1. The van der Waals surface area contributed by atoms with Gasteiger partial charge in [0, 0.05) is 25.6 Å². The first-order chi connectivity index (χ1) is 12.8. The average Bonchev–Trinajstić information content (AvgIpc) is 2.63. The van der Waals surface area contributed by atoms with Crippen molar-refractivity contribution < 1.29 is 17.6 Å². The maximum Gasteiger partial charge on any atom is 0.221 e. The molecule has 146 valence electrons. The van der Waals surface area contributed by atoms with Crippen LogP contribution in [0.3, 0.4) is 0 Å². The quantitative estimate of drug-likeness (QED) is 0.714. The predicted molar refractivity (Wildman–Crippen MR) is 104 cm³/mol. The number of nitrogens with one attached hydrogen (secondary N) is 1. The van der Waals surface area contributed by atoms with Crippen molar-refractivity contribution in [2.75, 3.05) is 19.3 Å². The molecule has 0 heterocycles. The van der Waals surface area contributed by atoms with E-state index < -0.39 is 10.0 Å². The lowest BCUT2D eigenvalue weighted by molar-refractivity contribution is -0.121. The number of amides is 1. The Morgan fingerprint density at radius 2 is 1.74 bits per heavy atom. The summed E-state index contributed by atoms with van der Waals surface area (Å²) in [5, 5.41) is 2.78. The Morgan fingerprint density at radius 1 is 1.11 bits per heavy atom. The summed E-state index contributed by atoms with van der Waals surface area (Å²) in [6.45, 7) is 2.33. The fourth-order valence-electron chi connectivity index (χ4n) is 2.84. The van der Waals surface area contributed by atoms with E-state index in [4.69, 9.17) is 0 Å². The minimum atomic E-state index is -3.46. The van der Waals surface area contributed by atoms with Gasteiger partial charge in [0.05, 0.1) is 6.26 Å². The largest absolute Gasteiger partial charge is 0.356 e. The highest BCUT2D eigenvalue weighted by Crippen LogP contribution is 2.22. The summed E-state index contributed by atoms with van der Waals surface area (Å²) in [5.74, 6) is -0.512. The highest BCUT2D eigenvalue weighted by Gasteiger charge is 2.24. The van der Waals surface area contributed by atoms with Crippen molar-refractivity contribution in [1.29, 1.82) is 0 Å². The third-order valence-corrected chi connectivity index (χ3v) is 5.70. The molecule has 0 saturated heterocycles. The van der Waals surface area contributed by atoms with E-state index >= 15 is 0 Å². The number of sulfonamides is 1. The van der Waals surface area contributed by atoms with Gasteiger partial charge in [0.15, 0.2) is 0 Å². The van der Waals surface area contributed by atoms with Crippen molar-refractivity contribution in [2.24, 2.45) is 0 Å². The number of nitrogens with zero attached hydrogens (tertiary/aromatic N) is 1. The SMILES string of the molecule is CC(c1ccccc1)N(CCC(=O)NCCc1ccc(F)cc1)S(C)(=O)=O. The summed E-state index contributed by atoms with van der Waals surface area (Å²) in [6, 6.07) is 15.1. The van der Waals surface area contributed by atoms with Gasteiger partial charge >= 0.3 is 0 Å². The first-order valence-electron chi connectivity index (χ1n) is 8.80. The number of rotatable bonds is 9. The Kier molecular flexibility index (Phi) is 7.50. The molecule has 0 bridgehead atoms. The molecule has 2 aromatic rings. The van der Waals surface area contributed by atoms with Crippen LogP contribution in [0.25, 0.3) is 0 Å². The summed E-state index contributed by atoms with van der Waals surface area (Å²) in [7, 11) is -3.46. The normalized spacial score (nSPS) is 12.7. The van der Waals surface area contributed by atoms with Gasteiger partial charge in [-0.05, 0) is 36.6 Å². The maximum atomic E-state index is 12.9. The second-order valence-corrected chi connectivity index (χ2v) is 8.37. The average molecular weight is 392 g/mol. The Morgan fingerprint density at radius 3 is 2.33 bits per heavy atom. The molecule has 27 heavy (non-hydrogen) atoms. The van der Waals surface area contributed by atoms with Gasteiger partial charge in [0.2, 0.25) is 15.9 Å². The van der Waals surface area contributed by atoms with Crippen LogP contribution in [0, 0.1) is 5.82 Å². The molecule has 2 aromatic carbocycles. The van der Waals surface area contributed by atoms with E-state index in [0.717, 1.165) is 17.4 Å². The molecule has 0 aliphatic rings. The van der Waals surface area contributed by atoms with E-state index in [1.165, 1.54) is 16.4 Å². The highest BCUT2D eigenvalue weighted by molar-refractivity contribution is 7.88. The molecule has 0 spiro atoms. The third kappa shape index (κ3) is 6.77. The Bertz CT molecular complexity index is 839. The Balaban J connectivity index is 1.87. The number of hydrogen-bond acceptors (Lipinski definition) is 3. The van der Waals surface area contributed by atoms with E-state index in [9.17, 15) is 17.6 Å². The zero-order valence-corrected chi connectivity index (χ0v) is 16.4. The summed E-state index contributed by atoms with van der Waals surface area (Å²) >= 11 is 0. The van der Waals surface area contributed by atoms with E-state index in [0.29, 0.717) is 13.0 Å². The van der Waals surface area contributed by atoms with E-state index in [2.05, 4.69) is 5.32 Å². The third-order valence-electron chi connectivity index (χ3n) is 4.35. The lowest BCUT2D eigenvalue weighted by atomic mass is 10.1. The molecule has 7 heteroatoms. The van der Waals surface area contributed by atoms with Crippen molar-refractivity contribution in [3.05, 3.63) is 71.5 Å². The molecular formula is C20H25FN2O3S. The van der Waals surface area contributed by atoms with Crippen molar-refractivity contribution in [3.8, 4) is 0 Å². The summed E-state index contributed by atoms with van der Waals surface area (Å²) in [6.07, 6.45) is 1.81. The Labute approximate surface area is 160 Å². The number of hydrogen-bond donors (Lipinski definition) is 1. The topological polar surface area (TPSA) is 66.5 Å². The Hall–Kier alpha value is -2.25. The van der Waals surface area contributed by atoms with Crippen molar-refractivity contribution in [3.63, 3.8) is 0 Å². The first kappa shape index (κ1) is 21.1. The summed E-state index contributed by atoms with van der Waals surface area (Å²) in [5.41, 5.74) is 1.80. The van der Waals surface area contributed by atoms with Crippen LogP contribution in [-0.4, -0.2) is 38.0 Å². The summed E-state index contributed by atoms with van der Waals surface area (Å²) in [4.78, 5) is 12.1. The fraction of sp³-hybridized carbons (Fsp3) is 0.350. The van der Waals surface area contributed by atoms with Gasteiger partial charge in [-0.3, -0.25) is 4.79 Å². The molecular weight excluding hydrogens is 367 g/mol. The van der Waals surface area contributed by atoms with Crippen LogP contribution >= 0.6 is 0 Å². The van der Waals surface area contributed by atoms with Crippen LogP contribution in [0.1, 0.15) is 30.5 Å². The second kappa shape index (κ2) is 9.62. The standard InChI is InChI=1S/C20H25FN2O3S/c1-16(18-6-4-3-5-7-18)23(27(2,25)26)15-13-20(24)22-14-12-17-8-10-19(21)11-9-17/h3-11,16H,12-15H2,1-2H3,(H,22,24). The van der Waals surface area contributed by atoms with Gasteiger partial charge in [0.25, 0.3) is 0 Å². The van der Waals surface area contributed by atoms with Crippen molar-refractivity contribution in [2.45, 2.75) is 25.8 Å². The summed E-state index contributed by atoms with van der Waals surface area (Å²) < 4.78 is 38.5. The van der Waals surface area contributed by atoms with E-state index in [-0.39, 0.29) is 30.7 Å². The smallest absolute Gasteiger partial charge is 0.221 e. The van der Waals surface area contributed by atoms with Crippen LogP contribution in [0.4, 0.5) is 4.39 Å². The van der Waals surface area contributed by atoms with Crippen LogP contribution < -0.4 is 5.32 Å². The number of halogens is 1. The van der Waals surface area contributed by atoms with Crippen molar-refractivity contribution in [1.82, 2.24) is 9.62 Å². The van der Waals surface area contributed by atoms with Crippen LogP contribution in [0.5, 0.6) is 0 Å². The monoisotopic (exact) mass is 392 g/mol. The zero-order valence-electron chi connectivity index (χ0n) is 15.6. The number of carbonyl (C=O) groups excluding carboxylic acids is 1. The van der Waals surface area contributed by atoms with Gasteiger partial charge < -0.3 is 5.32 Å². The van der Waals surface area contributed by atoms with Crippen LogP contribution in [0.2, 0.25) is 0 Å². The lowest BCUT2D eigenvalue weighted by Gasteiger charge is -2.27. The molecule has 0 saturated carbocycles. The van der Waals surface area contributed by atoms with Gasteiger partial charge in [0.1, 0.15) is 5.82 Å². The van der Waals surface area contributed by atoms with Gasteiger partial charge in [-0.25, -0.2) is 12.8 Å². The van der Waals surface area contributed by atoms with E-state index in [1.807, 2.05) is 37.3 Å². The maximum absolute atomic E-state index is 12.9. The first-order valence-corrected chi connectivity index (χ1v) is 10.6. The molecule has 0 fully saturated rings. The molecule has 5 nitrogen and oxygen atoms in total. The molecule has 0 aliphatic carbocycles. The molecule has 1 unspecified atom stereocenters. The number of benzene rings is 2. The van der Waals surface area contributed by atoms with Gasteiger partial charge in [-0.15, -0.1) is 0 Å². The molecule has 0 radical (unpaired) electrons.